The van der Waals surface area contributed by atoms with Crippen molar-refractivity contribution in [2.45, 2.75) is 6.54 Å². The van der Waals surface area contributed by atoms with Gasteiger partial charge in [0.25, 0.3) is 5.56 Å². The van der Waals surface area contributed by atoms with Crippen molar-refractivity contribution in [2.75, 3.05) is 5.73 Å². The largest absolute Gasteiger partial charge is 0.392 e. The number of anilines is 1. The second kappa shape index (κ2) is 3.24. The molecule has 6 heteroatoms. The van der Waals surface area contributed by atoms with E-state index in [1.165, 1.54) is 6.33 Å². The molecule has 0 aromatic carbocycles. The van der Waals surface area contributed by atoms with Gasteiger partial charge in [-0.1, -0.05) is 11.6 Å². The molecule has 1 aromatic heterocycles. The van der Waals surface area contributed by atoms with Gasteiger partial charge >= 0.3 is 0 Å². The normalized spacial score (nSPS) is 9.33. The van der Waals surface area contributed by atoms with E-state index in [1.807, 2.05) is 0 Å². The first-order valence-electron chi connectivity index (χ1n) is 3.04. The van der Waals surface area contributed by atoms with Crippen LogP contribution < -0.4 is 11.3 Å². The molecule has 0 atom stereocenters. The predicted octanol–water partition coefficient (Wildman–Crippen LogP) is 0.00248. The third-order valence-corrected chi connectivity index (χ3v) is 1.57. The van der Waals surface area contributed by atoms with Crippen molar-refractivity contribution in [3.63, 3.8) is 0 Å². The summed E-state index contributed by atoms with van der Waals surface area (Å²) < 4.78 is 1.08. The highest BCUT2D eigenvalue weighted by molar-refractivity contribution is 6.31. The van der Waals surface area contributed by atoms with Gasteiger partial charge in [0.15, 0.2) is 5.15 Å². The summed E-state index contributed by atoms with van der Waals surface area (Å²) in [4.78, 5) is 14.8. The molecule has 1 rings (SSSR count). The predicted molar refractivity (Wildman–Crippen MR) is 43.5 cm³/mol. The highest BCUT2D eigenvalue weighted by Gasteiger charge is 2.04. The lowest BCUT2D eigenvalue weighted by Gasteiger charge is -2.00. The molecule has 0 aliphatic rings. The van der Waals surface area contributed by atoms with E-state index in [0.717, 1.165) is 4.57 Å². The Balaban J connectivity index is 3.29. The van der Waals surface area contributed by atoms with Crippen LogP contribution in [0.15, 0.2) is 11.1 Å². The van der Waals surface area contributed by atoms with E-state index in [0.29, 0.717) is 0 Å². The Morgan fingerprint density at radius 2 is 2.50 bits per heavy atom. The molecule has 0 aliphatic carbocycles. The van der Waals surface area contributed by atoms with Crippen molar-refractivity contribution >= 4 is 17.3 Å². The smallest absolute Gasteiger partial charge is 0.278 e. The van der Waals surface area contributed by atoms with Gasteiger partial charge in [0.2, 0.25) is 0 Å². The first-order valence-corrected chi connectivity index (χ1v) is 3.42. The Morgan fingerprint density at radius 1 is 1.83 bits per heavy atom. The Kier molecular flexibility index (Phi) is 2.31. The summed E-state index contributed by atoms with van der Waals surface area (Å²) in [5.41, 5.74) is 4.66. The van der Waals surface area contributed by atoms with Crippen LogP contribution in [0.5, 0.6) is 0 Å². The number of hydrogen-bond acceptors (Lipinski definition) is 4. The maximum atomic E-state index is 11.1. The average Bonchev–Trinajstić information content (AvgIpc) is 2.07. The maximum absolute atomic E-state index is 11.1. The van der Waals surface area contributed by atoms with Crippen LogP contribution in [0.4, 0.5) is 5.69 Å². The fourth-order valence-corrected chi connectivity index (χ4v) is 0.799. The molecule has 1 aromatic rings. The molecule has 0 radical (unpaired) electrons. The minimum atomic E-state index is -0.489. The SMILES string of the molecule is N#CCn1cnc(Cl)c(N)c1=O. The first kappa shape index (κ1) is 8.56. The number of aromatic nitrogens is 2. The van der Waals surface area contributed by atoms with Crippen molar-refractivity contribution in [1.82, 2.24) is 9.55 Å². The molecule has 62 valence electrons. The van der Waals surface area contributed by atoms with Crippen LogP contribution in [0.2, 0.25) is 5.15 Å². The molecule has 1 heterocycles. The van der Waals surface area contributed by atoms with E-state index in [1.54, 1.807) is 6.07 Å². The van der Waals surface area contributed by atoms with Gasteiger partial charge < -0.3 is 5.73 Å². The lowest BCUT2D eigenvalue weighted by molar-refractivity contribution is 0.765. The van der Waals surface area contributed by atoms with Crippen molar-refractivity contribution in [1.29, 1.82) is 5.26 Å². The van der Waals surface area contributed by atoms with Crippen LogP contribution in [0.3, 0.4) is 0 Å². The molecular weight excluding hydrogens is 180 g/mol. The summed E-state index contributed by atoms with van der Waals surface area (Å²) in [6.45, 7) is -0.0762. The summed E-state index contributed by atoms with van der Waals surface area (Å²) in [5, 5.41) is 8.26. The van der Waals surface area contributed by atoms with Crippen molar-refractivity contribution in [3.05, 3.63) is 21.8 Å². The number of halogens is 1. The zero-order chi connectivity index (χ0) is 9.14. The van der Waals surface area contributed by atoms with Crippen molar-refractivity contribution in [2.24, 2.45) is 0 Å². The van der Waals surface area contributed by atoms with Crippen LogP contribution in [-0.4, -0.2) is 9.55 Å². The number of rotatable bonds is 1. The van der Waals surface area contributed by atoms with Gasteiger partial charge in [-0.05, 0) is 0 Å². The fourth-order valence-electron chi connectivity index (χ4n) is 0.674. The first-order chi connectivity index (χ1) is 5.66. The zero-order valence-electron chi connectivity index (χ0n) is 5.99. The van der Waals surface area contributed by atoms with Gasteiger partial charge in [-0.25, -0.2) is 4.98 Å². The summed E-state index contributed by atoms with van der Waals surface area (Å²) in [5.74, 6) is 0. The Bertz CT molecular complexity index is 392. The van der Waals surface area contributed by atoms with Gasteiger partial charge in [-0.3, -0.25) is 9.36 Å². The lowest BCUT2D eigenvalue weighted by Crippen LogP contribution is -2.23. The van der Waals surface area contributed by atoms with Crippen LogP contribution in [0.25, 0.3) is 0 Å². The fraction of sp³-hybridized carbons (Fsp3) is 0.167. The Hall–Kier alpha value is -1.54. The molecule has 2 N–H and O–H groups in total. The molecule has 0 spiro atoms. The molecule has 5 nitrogen and oxygen atoms in total. The molecule has 0 saturated carbocycles. The molecule has 0 unspecified atom stereocenters. The van der Waals surface area contributed by atoms with Gasteiger partial charge in [0, 0.05) is 0 Å². The van der Waals surface area contributed by atoms with Crippen LogP contribution in [0.1, 0.15) is 0 Å². The highest BCUT2D eigenvalue weighted by atomic mass is 35.5. The third-order valence-electron chi connectivity index (χ3n) is 1.27. The van der Waals surface area contributed by atoms with E-state index in [-0.39, 0.29) is 17.4 Å². The topological polar surface area (TPSA) is 84.7 Å². The van der Waals surface area contributed by atoms with Crippen molar-refractivity contribution in [3.8, 4) is 6.07 Å². The zero-order valence-corrected chi connectivity index (χ0v) is 6.75. The Morgan fingerprint density at radius 3 is 3.08 bits per heavy atom. The van der Waals surface area contributed by atoms with Crippen LogP contribution in [0, 0.1) is 11.3 Å². The van der Waals surface area contributed by atoms with E-state index in [4.69, 9.17) is 22.6 Å². The van der Waals surface area contributed by atoms with E-state index in [9.17, 15) is 4.79 Å². The summed E-state index contributed by atoms with van der Waals surface area (Å²) in [6, 6.07) is 1.80. The average molecular weight is 185 g/mol. The van der Waals surface area contributed by atoms with E-state index >= 15 is 0 Å². The number of hydrogen-bond donors (Lipinski definition) is 1. The molecule has 0 saturated heterocycles. The number of nitrogens with zero attached hydrogens (tertiary/aromatic N) is 3. The molecule has 0 fully saturated rings. The summed E-state index contributed by atoms with van der Waals surface area (Å²) >= 11 is 5.45. The van der Waals surface area contributed by atoms with Gasteiger partial charge in [-0.2, -0.15) is 5.26 Å². The highest BCUT2D eigenvalue weighted by Crippen LogP contribution is 2.07. The van der Waals surface area contributed by atoms with Gasteiger partial charge in [0.1, 0.15) is 18.6 Å². The van der Waals surface area contributed by atoms with Gasteiger partial charge in [0.05, 0.1) is 6.07 Å². The molecule has 0 aliphatic heterocycles. The second-order valence-electron chi connectivity index (χ2n) is 2.04. The monoisotopic (exact) mass is 184 g/mol. The van der Waals surface area contributed by atoms with Gasteiger partial charge in [-0.15, -0.1) is 0 Å². The minimum Gasteiger partial charge on any atom is -0.392 e. The van der Waals surface area contributed by atoms with Crippen LogP contribution >= 0.6 is 11.6 Å². The quantitative estimate of drug-likeness (QED) is 0.623. The standard InChI is InChI=1S/C6H5ClN4O/c7-5-4(9)6(12)11(2-1-8)3-10-5/h3H,2,9H2. The summed E-state index contributed by atoms with van der Waals surface area (Å²) in [6.07, 6.45) is 1.18. The van der Waals surface area contributed by atoms with E-state index in [2.05, 4.69) is 4.98 Å². The third kappa shape index (κ3) is 1.38. The minimum absolute atomic E-state index is 0.0332. The van der Waals surface area contributed by atoms with Crippen molar-refractivity contribution < 1.29 is 0 Å². The molecule has 12 heavy (non-hydrogen) atoms. The second-order valence-corrected chi connectivity index (χ2v) is 2.40. The van der Waals surface area contributed by atoms with E-state index < -0.39 is 5.56 Å². The number of nitrogen functional groups attached to an aromatic ring is 1. The molecule has 0 amide bonds. The lowest BCUT2D eigenvalue weighted by atomic mass is 10.5. The van der Waals surface area contributed by atoms with Crippen LogP contribution in [-0.2, 0) is 6.54 Å². The maximum Gasteiger partial charge on any atom is 0.278 e. The molecule has 0 bridgehead atoms. The Labute approximate surface area is 73.0 Å². The number of nitriles is 1. The number of nitrogens with two attached hydrogens (primary N) is 1. The summed E-state index contributed by atoms with van der Waals surface area (Å²) in [7, 11) is 0. The molecular formula is C6H5ClN4O.